The Bertz CT molecular complexity index is 1060. The van der Waals surface area contributed by atoms with Gasteiger partial charge >= 0.3 is 0 Å². The van der Waals surface area contributed by atoms with Crippen LogP contribution in [-0.4, -0.2) is 48.3 Å². The number of aliphatic imine (C=N–C) groups is 1. The molecule has 0 spiro atoms. The molecule has 1 aromatic heterocycles. The fourth-order valence-corrected chi connectivity index (χ4v) is 3.59. The van der Waals surface area contributed by atoms with Crippen LogP contribution in [0.4, 0.5) is 0 Å². The molecular weight excluding hydrogens is 539 g/mol. The number of halogens is 1. The summed E-state index contributed by atoms with van der Waals surface area (Å²) in [4.78, 5) is 16.5. The van der Waals surface area contributed by atoms with E-state index in [9.17, 15) is 4.79 Å². The molecule has 7 nitrogen and oxygen atoms in total. The number of benzene rings is 2. The van der Waals surface area contributed by atoms with E-state index in [-0.39, 0.29) is 29.9 Å². The van der Waals surface area contributed by atoms with Gasteiger partial charge in [0.2, 0.25) is 0 Å². The van der Waals surface area contributed by atoms with Crippen LogP contribution in [-0.2, 0) is 12.8 Å². The van der Waals surface area contributed by atoms with Gasteiger partial charge in [-0.3, -0.25) is 9.79 Å². The number of nitrogens with zero attached hydrogens (tertiary/aromatic N) is 3. The number of aryl methyl sites for hydroxylation is 2. The minimum absolute atomic E-state index is 0. The second kappa shape index (κ2) is 14.4. The van der Waals surface area contributed by atoms with Crippen LogP contribution in [0.3, 0.4) is 0 Å². The lowest BCUT2D eigenvalue weighted by Gasteiger charge is -2.11. The maximum Gasteiger partial charge on any atom is 0.251 e. The van der Waals surface area contributed by atoms with Crippen molar-refractivity contribution in [1.82, 2.24) is 25.7 Å². The average Bonchev–Trinajstić information content (AvgIpc) is 3.22. The molecule has 0 bridgehead atoms. The standard InChI is InChI=1S/C26H34N6O.HI/c1-4-28-26(30-17-15-21-10-8-11-22(18-21)25(33)27-3)29-16-9-12-23-19-32(31-20(23)2)24-13-6-5-7-14-24;/h5-8,10-11,13-14,18-19H,4,9,12,15-17H2,1-3H3,(H,27,33)(H2,28,29,30);1H. The first-order valence-electron chi connectivity index (χ1n) is 11.5. The molecule has 1 heterocycles. The van der Waals surface area contributed by atoms with Crippen molar-refractivity contribution in [2.75, 3.05) is 26.7 Å². The van der Waals surface area contributed by atoms with E-state index in [1.165, 1.54) is 5.56 Å². The molecule has 0 aliphatic carbocycles. The van der Waals surface area contributed by atoms with Crippen LogP contribution in [0, 0.1) is 6.92 Å². The first kappa shape index (κ1) is 27.4. The Morgan fingerprint density at radius 1 is 1.06 bits per heavy atom. The topological polar surface area (TPSA) is 83.3 Å². The SMILES string of the molecule is CCNC(=NCCCc1cn(-c2ccccc2)nc1C)NCCc1cccc(C(=O)NC)c1.I. The van der Waals surface area contributed by atoms with Crippen molar-refractivity contribution in [2.45, 2.75) is 33.1 Å². The number of guanidine groups is 1. The molecule has 0 saturated carbocycles. The molecule has 0 unspecified atom stereocenters. The molecule has 1 amide bonds. The lowest BCUT2D eigenvalue weighted by atomic mass is 10.1. The van der Waals surface area contributed by atoms with Gasteiger partial charge in [-0.2, -0.15) is 5.10 Å². The summed E-state index contributed by atoms with van der Waals surface area (Å²) in [7, 11) is 1.65. The van der Waals surface area contributed by atoms with Gasteiger partial charge in [-0.05, 0) is 68.5 Å². The summed E-state index contributed by atoms with van der Waals surface area (Å²) in [5, 5.41) is 14.0. The second-order valence-electron chi connectivity index (χ2n) is 7.84. The molecule has 34 heavy (non-hydrogen) atoms. The lowest BCUT2D eigenvalue weighted by molar-refractivity contribution is 0.0963. The normalized spacial score (nSPS) is 11.0. The van der Waals surface area contributed by atoms with E-state index in [0.29, 0.717) is 5.56 Å². The number of hydrogen-bond donors (Lipinski definition) is 3. The van der Waals surface area contributed by atoms with Gasteiger partial charge < -0.3 is 16.0 Å². The minimum atomic E-state index is -0.0655. The first-order valence-corrected chi connectivity index (χ1v) is 11.5. The summed E-state index contributed by atoms with van der Waals surface area (Å²) in [6, 6.07) is 17.9. The number of rotatable bonds is 10. The van der Waals surface area contributed by atoms with Crippen molar-refractivity contribution >= 4 is 35.8 Å². The van der Waals surface area contributed by atoms with E-state index in [4.69, 9.17) is 4.99 Å². The summed E-state index contributed by atoms with van der Waals surface area (Å²) in [5.74, 6) is 0.751. The largest absolute Gasteiger partial charge is 0.357 e. The lowest BCUT2D eigenvalue weighted by Crippen LogP contribution is -2.38. The predicted molar refractivity (Wildman–Crippen MR) is 150 cm³/mol. The summed E-state index contributed by atoms with van der Waals surface area (Å²) in [6.07, 6.45) is 4.82. The molecule has 0 saturated heterocycles. The summed E-state index contributed by atoms with van der Waals surface area (Å²) < 4.78 is 1.94. The zero-order valence-corrected chi connectivity index (χ0v) is 22.5. The van der Waals surface area contributed by atoms with E-state index >= 15 is 0 Å². The van der Waals surface area contributed by atoms with Crippen molar-refractivity contribution in [3.05, 3.63) is 83.2 Å². The van der Waals surface area contributed by atoms with Crippen molar-refractivity contribution in [3.63, 3.8) is 0 Å². The van der Waals surface area contributed by atoms with Gasteiger partial charge in [-0.15, -0.1) is 24.0 Å². The Kier molecular flexibility index (Phi) is 11.6. The van der Waals surface area contributed by atoms with Gasteiger partial charge in [0.25, 0.3) is 5.91 Å². The zero-order valence-electron chi connectivity index (χ0n) is 20.2. The average molecular weight is 575 g/mol. The van der Waals surface area contributed by atoms with Crippen molar-refractivity contribution in [1.29, 1.82) is 0 Å². The monoisotopic (exact) mass is 574 g/mol. The molecule has 0 atom stereocenters. The van der Waals surface area contributed by atoms with E-state index in [1.807, 2.05) is 47.1 Å². The van der Waals surface area contributed by atoms with Crippen molar-refractivity contribution < 1.29 is 4.79 Å². The second-order valence-corrected chi connectivity index (χ2v) is 7.84. The molecule has 3 N–H and O–H groups in total. The third-order valence-corrected chi connectivity index (χ3v) is 5.36. The minimum Gasteiger partial charge on any atom is -0.357 e. The Balaban J connectivity index is 0.00000408. The van der Waals surface area contributed by atoms with Crippen molar-refractivity contribution in [2.24, 2.45) is 4.99 Å². The highest BCUT2D eigenvalue weighted by atomic mass is 127. The number of aromatic nitrogens is 2. The van der Waals surface area contributed by atoms with Crippen LogP contribution in [0.5, 0.6) is 0 Å². The maximum atomic E-state index is 11.8. The Labute approximate surface area is 219 Å². The van der Waals surface area contributed by atoms with E-state index in [2.05, 4.69) is 53.2 Å². The maximum absolute atomic E-state index is 11.8. The summed E-state index contributed by atoms with van der Waals surface area (Å²) >= 11 is 0. The number of amides is 1. The number of hydrogen-bond acceptors (Lipinski definition) is 3. The molecule has 0 radical (unpaired) electrons. The van der Waals surface area contributed by atoms with Gasteiger partial charge in [-0.25, -0.2) is 4.68 Å². The number of carbonyl (C=O) groups excluding carboxylic acids is 1. The van der Waals surface area contributed by atoms with E-state index < -0.39 is 0 Å². The predicted octanol–water partition coefficient (Wildman–Crippen LogP) is 3.89. The highest BCUT2D eigenvalue weighted by Crippen LogP contribution is 2.13. The molecule has 0 fully saturated rings. The Morgan fingerprint density at radius 2 is 1.85 bits per heavy atom. The van der Waals surface area contributed by atoms with E-state index in [0.717, 1.165) is 61.8 Å². The zero-order chi connectivity index (χ0) is 23.5. The molecule has 182 valence electrons. The molecule has 3 aromatic rings. The van der Waals surface area contributed by atoms with E-state index in [1.54, 1.807) is 7.05 Å². The molecule has 0 aliphatic heterocycles. The van der Waals surface area contributed by atoms with Gasteiger partial charge in [0.15, 0.2) is 5.96 Å². The van der Waals surface area contributed by atoms with Crippen molar-refractivity contribution in [3.8, 4) is 5.69 Å². The molecular formula is C26H35IN6O. The molecule has 8 heteroatoms. The fraction of sp³-hybridized carbons (Fsp3) is 0.346. The third kappa shape index (κ3) is 8.16. The molecule has 0 aliphatic rings. The van der Waals surface area contributed by atoms with Crippen LogP contribution in [0.25, 0.3) is 5.69 Å². The van der Waals surface area contributed by atoms with Crippen LogP contribution in [0.2, 0.25) is 0 Å². The number of carbonyl (C=O) groups is 1. The van der Waals surface area contributed by atoms with Gasteiger partial charge in [0.05, 0.1) is 11.4 Å². The smallest absolute Gasteiger partial charge is 0.251 e. The van der Waals surface area contributed by atoms with Gasteiger partial charge in [0, 0.05) is 38.4 Å². The molecule has 3 rings (SSSR count). The highest BCUT2D eigenvalue weighted by Gasteiger charge is 2.07. The van der Waals surface area contributed by atoms with Gasteiger partial charge in [0.1, 0.15) is 0 Å². The Hall–Kier alpha value is -2.88. The first-order chi connectivity index (χ1) is 16.1. The number of para-hydroxylation sites is 1. The fourth-order valence-electron chi connectivity index (χ4n) is 3.59. The molecule has 2 aromatic carbocycles. The third-order valence-electron chi connectivity index (χ3n) is 5.36. The van der Waals surface area contributed by atoms with Crippen LogP contribution in [0.15, 0.2) is 65.8 Å². The van der Waals surface area contributed by atoms with Gasteiger partial charge in [-0.1, -0.05) is 30.3 Å². The quantitative estimate of drug-likeness (QED) is 0.149. The van der Waals surface area contributed by atoms with Crippen LogP contribution >= 0.6 is 24.0 Å². The number of nitrogens with one attached hydrogen (secondary N) is 3. The highest BCUT2D eigenvalue weighted by molar-refractivity contribution is 14.0. The van der Waals surface area contributed by atoms with Crippen LogP contribution in [0.1, 0.15) is 40.5 Å². The summed E-state index contributed by atoms with van der Waals surface area (Å²) in [5.41, 5.74) is 5.19. The Morgan fingerprint density at radius 3 is 2.59 bits per heavy atom. The van der Waals surface area contributed by atoms with Crippen LogP contribution < -0.4 is 16.0 Å². The summed E-state index contributed by atoms with van der Waals surface area (Å²) in [6.45, 7) is 6.40.